The summed E-state index contributed by atoms with van der Waals surface area (Å²) in [7, 11) is 0. The summed E-state index contributed by atoms with van der Waals surface area (Å²) in [5.41, 5.74) is 3.47. The summed E-state index contributed by atoms with van der Waals surface area (Å²) in [5, 5.41) is 4.62. The first-order valence-electron chi connectivity index (χ1n) is 12.2. The average Bonchev–Trinajstić information content (AvgIpc) is 3.19. The Bertz CT molecular complexity index is 1200. The summed E-state index contributed by atoms with van der Waals surface area (Å²) < 4.78 is 0. The zero-order chi connectivity index (χ0) is 23.8. The highest BCUT2D eigenvalue weighted by Gasteiger charge is 2.35. The number of pyridine rings is 1. The van der Waals surface area contributed by atoms with Crippen molar-refractivity contribution in [2.24, 2.45) is 0 Å². The second kappa shape index (κ2) is 9.18. The lowest BCUT2D eigenvalue weighted by molar-refractivity contribution is 0.0726. The van der Waals surface area contributed by atoms with Crippen molar-refractivity contribution in [2.75, 3.05) is 36.4 Å². The highest BCUT2D eigenvalue weighted by atomic mass is 16.2. The van der Waals surface area contributed by atoms with Gasteiger partial charge in [0.25, 0.3) is 5.91 Å². The van der Waals surface area contributed by atoms with E-state index < -0.39 is 0 Å². The molecule has 1 amide bonds. The average molecular weight is 460 g/mol. The van der Waals surface area contributed by atoms with Crippen LogP contribution in [0.5, 0.6) is 0 Å². The van der Waals surface area contributed by atoms with Gasteiger partial charge in [0, 0.05) is 62.0 Å². The smallest absolute Gasteiger partial charge is 0.273 e. The molecule has 1 saturated heterocycles. The molecule has 34 heavy (non-hydrogen) atoms. The molecule has 2 aliphatic heterocycles. The van der Waals surface area contributed by atoms with Gasteiger partial charge < -0.3 is 15.1 Å². The Hall–Kier alpha value is -3.26. The Morgan fingerprint density at radius 3 is 2.50 bits per heavy atom. The molecule has 0 atom stereocenters. The molecule has 8 heteroatoms. The Labute approximate surface area is 201 Å². The number of hydrogen-bond acceptors (Lipinski definition) is 7. The second-order valence-electron chi connectivity index (χ2n) is 9.73. The summed E-state index contributed by atoms with van der Waals surface area (Å²) in [6.07, 6.45) is 1.90. The van der Waals surface area contributed by atoms with E-state index in [1.807, 2.05) is 43.1 Å². The third-order valence-electron chi connectivity index (χ3n) is 6.85. The van der Waals surface area contributed by atoms with Crippen LogP contribution in [-0.4, -0.2) is 68.9 Å². The standard InChI is InChI=1S/C26H33N7O/c1-17(2)31-9-11-32(12-10-31)26-29-23-21(16-33(18(3)4)25(23)34)24(30-26)28-15-19-13-20-7-5-6-8-22(20)27-14-19/h5-8,13-14,17-18H,9-12,15-16H2,1-4H3,(H,28,29,30). The van der Waals surface area contributed by atoms with Crippen LogP contribution in [0.2, 0.25) is 0 Å². The van der Waals surface area contributed by atoms with E-state index in [-0.39, 0.29) is 11.9 Å². The summed E-state index contributed by atoms with van der Waals surface area (Å²) >= 11 is 0. The van der Waals surface area contributed by atoms with E-state index in [1.54, 1.807) is 0 Å². The quantitative estimate of drug-likeness (QED) is 0.604. The topological polar surface area (TPSA) is 77.5 Å². The summed E-state index contributed by atoms with van der Waals surface area (Å²) in [4.78, 5) is 34.0. The highest BCUT2D eigenvalue weighted by Crippen LogP contribution is 2.31. The van der Waals surface area contributed by atoms with Crippen LogP contribution >= 0.6 is 0 Å². The van der Waals surface area contributed by atoms with Crippen molar-refractivity contribution in [3.63, 3.8) is 0 Å². The number of fused-ring (bicyclic) bond motifs is 2. The molecule has 4 heterocycles. The molecule has 8 nitrogen and oxygen atoms in total. The predicted molar refractivity (Wildman–Crippen MR) is 135 cm³/mol. The van der Waals surface area contributed by atoms with Crippen LogP contribution in [0.4, 0.5) is 11.8 Å². The molecule has 1 N–H and O–H groups in total. The molecular weight excluding hydrogens is 426 g/mol. The summed E-state index contributed by atoms with van der Waals surface area (Å²) in [6, 6.07) is 10.9. The van der Waals surface area contributed by atoms with E-state index in [0.717, 1.165) is 54.0 Å². The number of piperazine rings is 1. The number of para-hydroxylation sites is 1. The maximum Gasteiger partial charge on any atom is 0.273 e. The van der Waals surface area contributed by atoms with Gasteiger partial charge in [-0.05, 0) is 45.4 Å². The van der Waals surface area contributed by atoms with E-state index in [9.17, 15) is 4.79 Å². The van der Waals surface area contributed by atoms with Crippen molar-refractivity contribution >= 4 is 28.6 Å². The zero-order valence-electron chi connectivity index (χ0n) is 20.5. The number of nitrogens with one attached hydrogen (secondary N) is 1. The number of benzene rings is 1. The fraction of sp³-hybridized carbons (Fsp3) is 0.462. The molecule has 0 bridgehead atoms. The first-order valence-corrected chi connectivity index (χ1v) is 12.2. The van der Waals surface area contributed by atoms with Crippen molar-refractivity contribution in [1.29, 1.82) is 0 Å². The SMILES string of the molecule is CC(C)N1CCN(c2nc(NCc3cnc4ccccc4c3)c3c(n2)C(=O)N(C(C)C)C3)CC1. The van der Waals surface area contributed by atoms with Crippen molar-refractivity contribution in [3.05, 3.63) is 53.3 Å². The molecule has 1 aromatic carbocycles. The van der Waals surface area contributed by atoms with E-state index in [4.69, 9.17) is 9.97 Å². The van der Waals surface area contributed by atoms with Crippen LogP contribution < -0.4 is 10.2 Å². The number of hydrogen-bond donors (Lipinski definition) is 1. The van der Waals surface area contributed by atoms with Gasteiger partial charge in [-0.15, -0.1) is 0 Å². The monoisotopic (exact) mass is 459 g/mol. The molecule has 0 radical (unpaired) electrons. The molecule has 178 valence electrons. The predicted octanol–water partition coefficient (Wildman–Crippen LogP) is 3.53. The van der Waals surface area contributed by atoms with Crippen molar-refractivity contribution in [3.8, 4) is 0 Å². The lowest BCUT2D eigenvalue weighted by atomic mass is 10.1. The molecule has 1 fully saturated rings. The lowest BCUT2D eigenvalue weighted by Gasteiger charge is -2.37. The van der Waals surface area contributed by atoms with Crippen LogP contribution in [0.1, 0.15) is 49.3 Å². The number of aromatic nitrogens is 3. The van der Waals surface area contributed by atoms with Gasteiger partial charge in [0.05, 0.1) is 12.1 Å². The molecule has 0 unspecified atom stereocenters. The molecule has 3 aromatic rings. The van der Waals surface area contributed by atoms with Gasteiger partial charge in [0.1, 0.15) is 11.5 Å². The third kappa shape index (κ3) is 4.30. The van der Waals surface area contributed by atoms with Gasteiger partial charge in [0.15, 0.2) is 0 Å². The van der Waals surface area contributed by atoms with Crippen LogP contribution in [0.25, 0.3) is 10.9 Å². The Kier molecular flexibility index (Phi) is 6.08. The largest absolute Gasteiger partial charge is 0.365 e. The van der Waals surface area contributed by atoms with Gasteiger partial charge in [-0.2, -0.15) is 4.98 Å². The Morgan fingerprint density at radius 2 is 1.76 bits per heavy atom. The fourth-order valence-electron chi connectivity index (χ4n) is 4.72. The van der Waals surface area contributed by atoms with Crippen LogP contribution in [0, 0.1) is 0 Å². The zero-order valence-corrected chi connectivity index (χ0v) is 20.5. The van der Waals surface area contributed by atoms with Gasteiger partial charge in [-0.25, -0.2) is 4.98 Å². The Balaban J connectivity index is 1.43. The van der Waals surface area contributed by atoms with Gasteiger partial charge in [-0.1, -0.05) is 18.2 Å². The van der Waals surface area contributed by atoms with Crippen molar-refractivity contribution in [2.45, 2.75) is 52.9 Å². The minimum Gasteiger partial charge on any atom is -0.365 e. The van der Waals surface area contributed by atoms with Gasteiger partial charge in [-0.3, -0.25) is 14.7 Å². The number of amides is 1. The molecule has 2 aliphatic rings. The van der Waals surface area contributed by atoms with Crippen LogP contribution in [0.15, 0.2) is 36.5 Å². The molecule has 0 saturated carbocycles. The Morgan fingerprint density at radius 1 is 1.00 bits per heavy atom. The van der Waals surface area contributed by atoms with E-state index in [0.29, 0.717) is 30.8 Å². The van der Waals surface area contributed by atoms with E-state index >= 15 is 0 Å². The number of rotatable bonds is 6. The number of nitrogens with zero attached hydrogens (tertiary/aromatic N) is 6. The van der Waals surface area contributed by atoms with Crippen molar-refractivity contribution < 1.29 is 4.79 Å². The maximum absolute atomic E-state index is 13.2. The number of carbonyl (C=O) groups is 1. The molecular formula is C26H33N7O. The third-order valence-corrected chi connectivity index (χ3v) is 6.85. The van der Waals surface area contributed by atoms with E-state index in [1.165, 1.54) is 0 Å². The molecule has 5 rings (SSSR count). The minimum atomic E-state index is -0.00936. The minimum absolute atomic E-state index is 0.00936. The number of carbonyl (C=O) groups excluding carboxylic acids is 1. The van der Waals surface area contributed by atoms with Crippen LogP contribution in [-0.2, 0) is 13.1 Å². The molecule has 0 spiro atoms. The fourth-order valence-corrected chi connectivity index (χ4v) is 4.72. The van der Waals surface area contributed by atoms with Gasteiger partial charge in [0.2, 0.25) is 5.95 Å². The highest BCUT2D eigenvalue weighted by molar-refractivity contribution is 5.98. The first kappa shape index (κ1) is 22.5. The van der Waals surface area contributed by atoms with E-state index in [2.05, 4.69) is 46.1 Å². The molecule has 2 aromatic heterocycles. The lowest BCUT2D eigenvalue weighted by Crippen LogP contribution is -2.49. The van der Waals surface area contributed by atoms with Crippen LogP contribution in [0.3, 0.4) is 0 Å². The number of anilines is 2. The normalized spacial score (nSPS) is 16.7. The maximum atomic E-state index is 13.2. The second-order valence-corrected chi connectivity index (χ2v) is 9.73. The summed E-state index contributed by atoms with van der Waals surface area (Å²) in [6.45, 7) is 13.3. The summed E-state index contributed by atoms with van der Waals surface area (Å²) in [5.74, 6) is 1.38. The first-order chi connectivity index (χ1) is 16.4. The van der Waals surface area contributed by atoms with Crippen molar-refractivity contribution in [1.82, 2.24) is 24.8 Å². The van der Waals surface area contributed by atoms with Gasteiger partial charge >= 0.3 is 0 Å². The molecule has 0 aliphatic carbocycles.